The fourth-order valence-corrected chi connectivity index (χ4v) is 3.86. The van der Waals surface area contributed by atoms with Gasteiger partial charge in [-0.1, -0.05) is 66.4 Å². The predicted octanol–water partition coefficient (Wildman–Crippen LogP) is 4.24. The SMILES string of the molecule is Cc1ccccc1-c1nnc(S[C@@H](C)C(=O)Nc2ccc3ccccc3c2)n1N. The molecule has 1 heterocycles. The lowest BCUT2D eigenvalue weighted by Crippen LogP contribution is -2.23. The first-order chi connectivity index (χ1) is 14.0. The van der Waals surface area contributed by atoms with Crippen LogP contribution in [0.4, 0.5) is 5.69 Å². The fraction of sp³-hybridized carbons (Fsp3) is 0.136. The van der Waals surface area contributed by atoms with E-state index in [9.17, 15) is 4.79 Å². The monoisotopic (exact) mass is 403 g/mol. The molecule has 0 aliphatic rings. The Kier molecular flexibility index (Phi) is 5.22. The van der Waals surface area contributed by atoms with Gasteiger partial charge in [-0.2, -0.15) is 0 Å². The second-order valence-electron chi connectivity index (χ2n) is 6.80. The zero-order valence-electron chi connectivity index (χ0n) is 16.2. The lowest BCUT2D eigenvalue weighted by Gasteiger charge is -2.12. The number of rotatable bonds is 5. The number of aryl methyl sites for hydroxylation is 1. The molecule has 146 valence electrons. The number of anilines is 1. The molecule has 7 heteroatoms. The van der Waals surface area contributed by atoms with E-state index < -0.39 is 5.25 Å². The van der Waals surface area contributed by atoms with Gasteiger partial charge in [0.05, 0.1) is 5.25 Å². The van der Waals surface area contributed by atoms with Crippen molar-refractivity contribution in [2.45, 2.75) is 24.3 Å². The summed E-state index contributed by atoms with van der Waals surface area (Å²) in [5.41, 5.74) is 2.74. The number of nitrogens with one attached hydrogen (secondary N) is 1. The van der Waals surface area contributed by atoms with Crippen molar-refractivity contribution in [2.75, 3.05) is 11.2 Å². The molecule has 0 radical (unpaired) electrons. The van der Waals surface area contributed by atoms with E-state index in [1.54, 1.807) is 0 Å². The molecule has 4 aromatic rings. The number of nitrogens with zero attached hydrogens (tertiary/aromatic N) is 3. The molecule has 1 amide bonds. The lowest BCUT2D eigenvalue weighted by molar-refractivity contribution is -0.115. The van der Waals surface area contributed by atoms with Gasteiger partial charge in [0.15, 0.2) is 5.82 Å². The van der Waals surface area contributed by atoms with Crippen LogP contribution in [0.25, 0.3) is 22.2 Å². The molecular formula is C22H21N5OS. The van der Waals surface area contributed by atoms with Crippen molar-refractivity contribution >= 4 is 34.1 Å². The maximum absolute atomic E-state index is 12.7. The summed E-state index contributed by atoms with van der Waals surface area (Å²) in [7, 11) is 0. The molecule has 0 spiro atoms. The Morgan fingerprint density at radius 2 is 1.76 bits per heavy atom. The molecule has 0 aliphatic carbocycles. The van der Waals surface area contributed by atoms with Crippen molar-refractivity contribution < 1.29 is 4.79 Å². The number of hydrogen-bond acceptors (Lipinski definition) is 5. The van der Waals surface area contributed by atoms with E-state index in [2.05, 4.69) is 15.5 Å². The number of fused-ring (bicyclic) bond motifs is 1. The van der Waals surface area contributed by atoms with Gasteiger partial charge in [-0.15, -0.1) is 10.2 Å². The van der Waals surface area contributed by atoms with Gasteiger partial charge in [-0.05, 0) is 42.3 Å². The molecule has 29 heavy (non-hydrogen) atoms. The number of benzene rings is 3. The van der Waals surface area contributed by atoms with E-state index in [0.29, 0.717) is 11.0 Å². The highest BCUT2D eigenvalue weighted by Crippen LogP contribution is 2.27. The van der Waals surface area contributed by atoms with Crippen LogP contribution in [-0.2, 0) is 4.79 Å². The van der Waals surface area contributed by atoms with Gasteiger partial charge in [0, 0.05) is 11.3 Å². The molecule has 3 N–H and O–H groups in total. The minimum absolute atomic E-state index is 0.120. The topological polar surface area (TPSA) is 85.8 Å². The Hall–Kier alpha value is -3.32. The average molecular weight is 404 g/mol. The Labute approximate surface area is 173 Å². The quantitative estimate of drug-likeness (QED) is 0.384. The summed E-state index contributed by atoms with van der Waals surface area (Å²) in [5.74, 6) is 6.66. The number of carbonyl (C=O) groups is 1. The number of thioether (sulfide) groups is 1. The lowest BCUT2D eigenvalue weighted by atomic mass is 10.1. The van der Waals surface area contributed by atoms with Crippen LogP contribution in [0.3, 0.4) is 0 Å². The molecule has 4 rings (SSSR count). The Balaban J connectivity index is 1.48. The van der Waals surface area contributed by atoms with Crippen molar-refractivity contribution in [3.63, 3.8) is 0 Å². The smallest absolute Gasteiger partial charge is 0.237 e. The Morgan fingerprint density at radius 1 is 1.03 bits per heavy atom. The highest BCUT2D eigenvalue weighted by atomic mass is 32.2. The zero-order valence-corrected chi connectivity index (χ0v) is 17.0. The van der Waals surface area contributed by atoms with Gasteiger partial charge in [0.2, 0.25) is 11.1 Å². The zero-order chi connectivity index (χ0) is 20.4. The van der Waals surface area contributed by atoms with Gasteiger partial charge < -0.3 is 11.2 Å². The predicted molar refractivity (Wildman–Crippen MR) is 118 cm³/mol. The van der Waals surface area contributed by atoms with E-state index in [0.717, 1.165) is 27.6 Å². The van der Waals surface area contributed by atoms with Gasteiger partial charge >= 0.3 is 0 Å². The molecule has 0 bridgehead atoms. The maximum atomic E-state index is 12.7. The Morgan fingerprint density at radius 3 is 2.55 bits per heavy atom. The number of amides is 1. The number of nitrogen functional groups attached to an aromatic ring is 1. The summed E-state index contributed by atoms with van der Waals surface area (Å²) in [5, 5.41) is 13.7. The second kappa shape index (κ2) is 7.97. The van der Waals surface area contributed by atoms with Crippen LogP contribution in [0.5, 0.6) is 0 Å². The maximum Gasteiger partial charge on any atom is 0.237 e. The fourth-order valence-electron chi connectivity index (χ4n) is 3.09. The van der Waals surface area contributed by atoms with E-state index >= 15 is 0 Å². The van der Waals surface area contributed by atoms with Gasteiger partial charge in [-0.3, -0.25) is 4.79 Å². The molecule has 0 saturated heterocycles. The summed E-state index contributed by atoms with van der Waals surface area (Å²) < 4.78 is 1.44. The van der Waals surface area contributed by atoms with Crippen LogP contribution < -0.4 is 11.2 Å². The molecular weight excluding hydrogens is 382 g/mol. The van der Waals surface area contributed by atoms with Crippen molar-refractivity contribution in [3.05, 3.63) is 72.3 Å². The number of aromatic nitrogens is 3. The minimum Gasteiger partial charge on any atom is -0.335 e. The highest BCUT2D eigenvalue weighted by Gasteiger charge is 2.20. The largest absolute Gasteiger partial charge is 0.335 e. The third kappa shape index (κ3) is 3.95. The van der Waals surface area contributed by atoms with E-state index in [1.165, 1.54) is 16.4 Å². The molecule has 3 aromatic carbocycles. The summed E-state index contributed by atoms with van der Waals surface area (Å²) in [4.78, 5) is 12.7. The van der Waals surface area contributed by atoms with Crippen molar-refractivity contribution in [1.29, 1.82) is 0 Å². The second-order valence-corrected chi connectivity index (χ2v) is 8.11. The Bertz CT molecular complexity index is 1190. The van der Waals surface area contributed by atoms with Gasteiger partial charge in [0.25, 0.3) is 0 Å². The van der Waals surface area contributed by atoms with Crippen LogP contribution >= 0.6 is 11.8 Å². The van der Waals surface area contributed by atoms with E-state index in [-0.39, 0.29) is 5.91 Å². The summed E-state index contributed by atoms with van der Waals surface area (Å²) in [6.07, 6.45) is 0. The minimum atomic E-state index is -0.391. The van der Waals surface area contributed by atoms with E-state index in [4.69, 9.17) is 5.84 Å². The van der Waals surface area contributed by atoms with E-state index in [1.807, 2.05) is 80.6 Å². The molecule has 0 fully saturated rings. The molecule has 1 aromatic heterocycles. The van der Waals surface area contributed by atoms with Gasteiger partial charge in [0.1, 0.15) is 0 Å². The molecule has 0 saturated carbocycles. The van der Waals surface area contributed by atoms with Crippen LogP contribution in [0.1, 0.15) is 12.5 Å². The molecule has 6 nitrogen and oxygen atoms in total. The summed E-state index contributed by atoms with van der Waals surface area (Å²) >= 11 is 1.27. The van der Waals surface area contributed by atoms with Gasteiger partial charge in [-0.25, -0.2) is 4.68 Å². The number of hydrogen-bond donors (Lipinski definition) is 2. The third-order valence-corrected chi connectivity index (χ3v) is 5.78. The van der Waals surface area contributed by atoms with Crippen LogP contribution in [0.15, 0.2) is 71.9 Å². The standard InChI is InChI=1S/C22H21N5OS/c1-14-7-3-6-10-19(14)20-25-26-22(27(20)23)29-15(2)21(28)24-18-12-11-16-8-4-5-9-17(16)13-18/h3-13,15H,23H2,1-2H3,(H,24,28)/t15-/m0/s1. The number of nitrogens with two attached hydrogens (primary N) is 1. The first kappa shape index (κ1) is 19.0. The first-order valence-corrected chi connectivity index (χ1v) is 10.1. The number of carbonyl (C=O) groups excluding carboxylic acids is 1. The van der Waals surface area contributed by atoms with Crippen molar-refractivity contribution in [2.24, 2.45) is 0 Å². The third-order valence-electron chi connectivity index (χ3n) is 4.72. The average Bonchev–Trinajstić information content (AvgIpc) is 3.08. The van der Waals surface area contributed by atoms with Crippen LogP contribution in [-0.4, -0.2) is 26.0 Å². The van der Waals surface area contributed by atoms with Crippen molar-refractivity contribution in [1.82, 2.24) is 14.9 Å². The summed E-state index contributed by atoms with van der Waals surface area (Å²) in [6.45, 7) is 3.82. The highest BCUT2D eigenvalue weighted by molar-refractivity contribution is 8.00. The normalized spacial score (nSPS) is 12.1. The van der Waals surface area contributed by atoms with Crippen LogP contribution in [0, 0.1) is 6.92 Å². The van der Waals surface area contributed by atoms with Crippen LogP contribution in [0.2, 0.25) is 0 Å². The first-order valence-electron chi connectivity index (χ1n) is 9.26. The van der Waals surface area contributed by atoms with Crippen molar-refractivity contribution in [3.8, 4) is 11.4 Å². The molecule has 0 unspecified atom stereocenters. The molecule has 0 aliphatic heterocycles. The summed E-state index contributed by atoms with van der Waals surface area (Å²) in [6, 6.07) is 21.7. The molecule has 1 atom stereocenters.